The number of guanidine groups is 1. The molecular weight excluding hydrogens is 427 g/mol. The van der Waals surface area contributed by atoms with Crippen LogP contribution in [0.5, 0.6) is 5.75 Å². The van der Waals surface area contributed by atoms with Gasteiger partial charge in [-0.2, -0.15) is 11.8 Å². The van der Waals surface area contributed by atoms with E-state index in [9.17, 15) is 4.79 Å². The van der Waals surface area contributed by atoms with Gasteiger partial charge in [0, 0.05) is 18.8 Å². The van der Waals surface area contributed by atoms with Crippen molar-refractivity contribution < 1.29 is 9.53 Å². The number of halogens is 1. The SMILES string of the molecule is CCNC(=NCc1cccc(OCC(N)=O)c1)NCCSC.I. The number of hydrogen-bond donors (Lipinski definition) is 3. The summed E-state index contributed by atoms with van der Waals surface area (Å²) in [6.07, 6.45) is 2.07. The first-order valence-corrected chi connectivity index (χ1v) is 8.56. The van der Waals surface area contributed by atoms with E-state index in [1.807, 2.05) is 25.1 Å². The molecule has 0 spiro atoms. The highest BCUT2D eigenvalue weighted by Gasteiger charge is 2.00. The van der Waals surface area contributed by atoms with Gasteiger partial charge in [0.25, 0.3) is 5.91 Å². The van der Waals surface area contributed by atoms with Crippen molar-refractivity contribution in [3.63, 3.8) is 0 Å². The average Bonchev–Trinajstić information content (AvgIpc) is 2.51. The lowest BCUT2D eigenvalue weighted by molar-refractivity contribution is -0.119. The third-order valence-corrected chi connectivity index (χ3v) is 3.25. The number of nitrogens with one attached hydrogen (secondary N) is 2. The zero-order valence-electron chi connectivity index (χ0n) is 13.5. The molecule has 1 rings (SSSR count). The Bertz CT molecular complexity index is 500. The molecule has 0 atom stereocenters. The Balaban J connectivity index is 0.00000484. The van der Waals surface area contributed by atoms with Crippen LogP contribution in [0.4, 0.5) is 0 Å². The van der Waals surface area contributed by atoms with Crippen LogP contribution in [0.15, 0.2) is 29.3 Å². The maximum absolute atomic E-state index is 10.7. The van der Waals surface area contributed by atoms with Crippen LogP contribution in [0.25, 0.3) is 0 Å². The smallest absolute Gasteiger partial charge is 0.255 e. The van der Waals surface area contributed by atoms with Crippen LogP contribution >= 0.6 is 35.7 Å². The number of rotatable bonds is 9. The lowest BCUT2D eigenvalue weighted by Crippen LogP contribution is -2.38. The normalized spacial score (nSPS) is 10.6. The number of primary amides is 1. The number of ether oxygens (including phenoxy) is 1. The summed E-state index contributed by atoms with van der Waals surface area (Å²) in [5.74, 6) is 1.95. The van der Waals surface area contributed by atoms with E-state index in [0.717, 1.165) is 30.4 Å². The molecule has 1 aromatic rings. The predicted molar refractivity (Wildman–Crippen MR) is 108 cm³/mol. The van der Waals surface area contributed by atoms with Gasteiger partial charge in [-0.05, 0) is 30.9 Å². The molecule has 0 fully saturated rings. The van der Waals surface area contributed by atoms with Gasteiger partial charge in [-0.15, -0.1) is 24.0 Å². The highest BCUT2D eigenvalue weighted by Crippen LogP contribution is 2.13. The number of thioether (sulfide) groups is 1. The minimum absolute atomic E-state index is 0. The molecule has 1 amide bonds. The Hall–Kier alpha value is -1.16. The zero-order chi connectivity index (χ0) is 16.2. The standard InChI is InChI=1S/C15H24N4O2S.HI/c1-3-17-15(18-7-8-22-2)19-10-12-5-4-6-13(9-12)21-11-14(16)20;/h4-6,9H,3,7-8,10-11H2,1-2H3,(H2,16,20)(H2,17,18,19);1H. The second-order valence-electron chi connectivity index (χ2n) is 4.52. The predicted octanol–water partition coefficient (Wildman–Crippen LogP) is 1.59. The van der Waals surface area contributed by atoms with Gasteiger partial charge >= 0.3 is 0 Å². The molecule has 4 N–H and O–H groups in total. The molecule has 0 aliphatic carbocycles. The Morgan fingerprint density at radius 1 is 1.39 bits per heavy atom. The maximum atomic E-state index is 10.7. The number of carbonyl (C=O) groups excluding carboxylic acids is 1. The van der Waals surface area contributed by atoms with Crippen molar-refractivity contribution in [2.75, 3.05) is 31.7 Å². The molecule has 8 heteroatoms. The molecule has 0 saturated heterocycles. The van der Waals surface area contributed by atoms with Crippen LogP contribution in [-0.4, -0.2) is 43.6 Å². The number of benzene rings is 1. The second-order valence-corrected chi connectivity index (χ2v) is 5.50. The van der Waals surface area contributed by atoms with Gasteiger partial charge in [-0.25, -0.2) is 4.99 Å². The molecule has 23 heavy (non-hydrogen) atoms. The van der Waals surface area contributed by atoms with Crippen LogP contribution in [0, 0.1) is 0 Å². The van der Waals surface area contributed by atoms with Gasteiger partial charge in [0.15, 0.2) is 12.6 Å². The van der Waals surface area contributed by atoms with Crippen molar-refractivity contribution in [1.82, 2.24) is 10.6 Å². The third-order valence-electron chi connectivity index (χ3n) is 2.64. The van der Waals surface area contributed by atoms with Crippen LogP contribution in [-0.2, 0) is 11.3 Å². The largest absolute Gasteiger partial charge is 0.484 e. The van der Waals surface area contributed by atoms with E-state index in [0.29, 0.717) is 12.3 Å². The Morgan fingerprint density at radius 3 is 2.83 bits per heavy atom. The molecule has 0 bridgehead atoms. The fourth-order valence-corrected chi connectivity index (χ4v) is 1.98. The van der Waals surface area contributed by atoms with E-state index in [1.165, 1.54) is 0 Å². The van der Waals surface area contributed by atoms with Crippen molar-refractivity contribution in [3.05, 3.63) is 29.8 Å². The Kier molecular flexibility index (Phi) is 12.6. The fraction of sp³-hybridized carbons (Fsp3) is 0.467. The summed E-state index contributed by atoms with van der Waals surface area (Å²) >= 11 is 1.79. The average molecular weight is 452 g/mol. The van der Waals surface area contributed by atoms with Crippen molar-refractivity contribution in [2.45, 2.75) is 13.5 Å². The minimum atomic E-state index is -0.490. The maximum Gasteiger partial charge on any atom is 0.255 e. The molecule has 0 aromatic heterocycles. The topological polar surface area (TPSA) is 88.7 Å². The summed E-state index contributed by atoms with van der Waals surface area (Å²) < 4.78 is 5.28. The number of hydrogen-bond acceptors (Lipinski definition) is 4. The van der Waals surface area contributed by atoms with Crippen molar-refractivity contribution in [1.29, 1.82) is 0 Å². The van der Waals surface area contributed by atoms with Crippen molar-refractivity contribution >= 4 is 47.6 Å². The lowest BCUT2D eigenvalue weighted by Gasteiger charge is -2.11. The number of carbonyl (C=O) groups is 1. The van der Waals surface area contributed by atoms with Crippen LogP contribution in [0.3, 0.4) is 0 Å². The molecule has 0 saturated carbocycles. The molecule has 6 nitrogen and oxygen atoms in total. The summed E-state index contributed by atoms with van der Waals surface area (Å²) in [5, 5.41) is 6.48. The fourth-order valence-electron chi connectivity index (χ4n) is 1.67. The minimum Gasteiger partial charge on any atom is -0.484 e. The van der Waals surface area contributed by atoms with Crippen LogP contribution < -0.4 is 21.1 Å². The lowest BCUT2D eigenvalue weighted by atomic mass is 10.2. The quantitative estimate of drug-likeness (QED) is 0.229. The van der Waals surface area contributed by atoms with Crippen LogP contribution in [0.1, 0.15) is 12.5 Å². The number of aliphatic imine (C=N–C) groups is 1. The Morgan fingerprint density at radius 2 is 2.17 bits per heavy atom. The second kappa shape index (κ2) is 13.3. The first-order valence-electron chi connectivity index (χ1n) is 7.17. The summed E-state index contributed by atoms with van der Waals surface area (Å²) in [5.41, 5.74) is 6.07. The molecule has 0 radical (unpaired) electrons. The van der Waals surface area contributed by atoms with Gasteiger partial charge < -0.3 is 21.1 Å². The third kappa shape index (κ3) is 10.3. The first-order chi connectivity index (χ1) is 10.7. The highest BCUT2D eigenvalue weighted by molar-refractivity contribution is 14.0. The van der Waals surface area contributed by atoms with Gasteiger partial charge in [-0.1, -0.05) is 12.1 Å². The molecule has 0 unspecified atom stereocenters. The number of nitrogens with zero attached hydrogens (tertiary/aromatic N) is 1. The molecule has 1 aromatic carbocycles. The number of amides is 1. The first kappa shape index (κ1) is 21.8. The summed E-state index contributed by atoms with van der Waals surface area (Å²) in [6.45, 7) is 4.12. The van der Waals surface area contributed by atoms with E-state index in [4.69, 9.17) is 10.5 Å². The molecule has 0 aliphatic rings. The highest BCUT2D eigenvalue weighted by atomic mass is 127. The van der Waals surface area contributed by atoms with E-state index < -0.39 is 5.91 Å². The van der Waals surface area contributed by atoms with Gasteiger partial charge in [0.2, 0.25) is 0 Å². The molecular formula is C15H25IN4O2S. The van der Waals surface area contributed by atoms with E-state index >= 15 is 0 Å². The van der Waals surface area contributed by atoms with Crippen molar-refractivity contribution in [2.24, 2.45) is 10.7 Å². The molecule has 130 valence electrons. The molecule has 0 heterocycles. The van der Waals surface area contributed by atoms with E-state index in [2.05, 4.69) is 21.9 Å². The number of nitrogens with two attached hydrogens (primary N) is 1. The summed E-state index contributed by atoms with van der Waals surface area (Å²) in [6, 6.07) is 7.48. The Labute approximate surface area is 159 Å². The monoisotopic (exact) mass is 452 g/mol. The van der Waals surface area contributed by atoms with Gasteiger partial charge in [0.1, 0.15) is 5.75 Å². The summed E-state index contributed by atoms with van der Waals surface area (Å²) in [4.78, 5) is 15.3. The van der Waals surface area contributed by atoms with Gasteiger partial charge in [-0.3, -0.25) is 4.79 Å². The van der Waals surface area contributed by atoms with Crippen LogP contribution in [0.2, 0.25) is 0 Å². The van der Waals surface area contributed by atoms with Crippen molar-refractivity contribution in [3.8, 4) is 5.75 Å². The van der Waals surface area contributed by atoms with E-state index in [1.54, 1.807) is 17.8 Å². The van der Waals surface area contributed by atoms with Gasteiger partial charge in [0.05, 0.1) is 6.54 Å². The summed E-state index contributed by atoms with van der Waals surface area (Å²) in [7, 11) is 0. The zero-order valence-corrected chi connectivity index (χ0v) is 16.6. The molecule has 0 aliphatic heterocycles. The van der Waals surface area contributed by atoms with E-state index in [-0.39, 0.29) is 30.6 Å².